The Hall–Kier alpha value is -3.86. The maximum atomic E-state index is 13.4. The summed E-state index contributed by atoms with van der Waals surface area (Å²) < 4.78 is 5.88. The van der Waals surface area contributed by atoms with Crippen molar-refractivity contribution in [2.75, 3.05) is 5.01 Å². The van der Waals surface area contributed by atoms with Crippen LogP contribution in [-0.2, 0) is 11.4 Å². The molecule has 35 heavy (non-hydrogen) atoms. The molecular weight excluding hydrogens is 479 g/mol. The number of carbonyl (C=O) groups excluding carboxylic acids is 1. The van der Waals surface area contributed by atoms with Crippen LogP contribution in [0.25, 0.3) is 6.08 Å². The van der Waals surface area contributed by atoms with Crippen LogP contribution in [0.4, 0.5) is 5.69 Å². The lowest BCUT2D eigenvalue weighted by Gasteiger charge is -2.11. The van der Waals surface area contributed by atoms with Gasteiger partial charge in [-0.2, -0.15) is 10.1 Å². The number of amides is 1. The summed E-state index contributed by atoms with van der Waals surface area (Å²) in [5.41, 5.74) is 4.48. The first kappa shape index (κ1) is 22.9. The van der Waals surface area contributed by atoms with E-state index < -0.39 is 0 Å². The third kappa shape index (κ3) is 5.14. The molecule has 5 rings (SSSR count). The third-order valence-corrected chi connectivity index (χ3v) is 6.11. The number of hydrogen-bond acceptors (Lipinski definition) is 3. The van der Waals surface area contributed by atoms with Gasteiger partial charge >= 0.3 is 0 Å². The summed E-state index contributed by atoms with van der Waals surface area (Å²) in [5, 5.41) is 7.26. The second kappa shape index (κ2) is 10.2. The molecule has 1 amide bonds. The zero-order valence-electron chi connectivity index (χ0n) is 18.6. The van der Waals surface area contributed by atoms with Gasteiger partial charge in [0.1, 0.15) is 18.1 Å². The van der Waals surface area contributed by atoms with Crippen LogP contribution in [0.2, 0.25) is 10.0 Å². The molecular formula is C29H20Cl2N2O2. The number of benzene rings is 4. The molecule has 0 aromatic heterocycles. The topological polar surface area (TPSA) is 41.9 Å². The Labute approximate surface area is 213 Å². The van der Waals surface area contributed by atoms with E-state index in [1.807, 2.05) is 97.1 Å². The van der Waals surface area contributed by atoms with E-state index in [0.29, 0.717) is 33.7 Å². The average molecular weight is 499 g/mol. The van der Waals surface area contributed by atoms with Gasteiger partial charge in [0.15, 0.2) is 0 Å². The molecule has 0 saturated heterocycles. The third-order valence-electron chi connectivity index (χ3n) is 5.53. The van der Waals surface area contributed by atoms with Gasteiger partial charge < -0.3 is 4.74 Å². The van der Waals surface area contributed by atoms with Gasteiger partial charge in [0.25, 0.3) is 5.91 Å². The molecule has 4 aromatic carbocycles. The maximum absolute atomic E-state index is 13.4. The van der Waals surface area contributed by atoms with E-state index in [0.717, 1.165) is 22.4 Å². The van der Waals surface area contributed by atoms with Crippen LogP contribution in [0.1, 0.15) is 16.7 Å². The fourth-order valence-corrected chi connectivity index (χ4v) is 4.19. The molecule has 0 atom stereocenters. The van der Waals surface area contributed by atoms with Crippen LogP contribution in [0.15, 0.2) is 114 Å². The van der Waals surface area contributed by atoms with Crippen LogP contribution in [0.5, 0.6) is 5.75 Å². The van der Waals surface area contributed by atoms with E-state index in [2.05, 4.69) is 5.10 Å². The van der Waals surface area contributed by atoms with Crippen molar-refractivity contribution in [3.8, 4) is 5.75 Å². The van der Waals surface area contributed by atoms with E-state index in [4.69, 9.17) is 27.9 Å². The van der Waals surface area contributed by atoms with Gasteiger partial charge in [-0.05, 0) is 48.0 Å². The monoisotopic (exact) mass is 498 g/mol. The highest BCUT2D eigenvalue weighted by Crippen LogP contribution is 2.28. The van der Waals surface area contributed by atoms with Gasteiger partial charge in [0, 0.05) is 21.2 Å². The first-order valence-electron chi connectivity index (χ1n) is 11.0. The van der Waals surface area contributed by atoms with E-state index in [1.54, 1.807) is 12.1 Å². The normalized spacial score (nSPS) is 14.3. The standard InChI is InChI=1S/C29H20Cl2N2O2/c30-23-14-13-22(27(31)18-23)19-35-25-15-11-20(12-16-25)17-26-28(21-7-3-1-4-8-21)32-33(29(26)34)24-9-5-2-6-10-24/h1-18H,19H2/b26-17-. The van der Waals surface area contributed by atoms with Crippen molar-refractivity contribution in [3.05, 3.63) is 135 Å². The van der Waals surface area contributed by atoms with Crippen LogP contribution in [0.3, 0.4) is 0 Å². The molecule has 0 radical (unpaired) electrons. The number of halogens is 2. The molecule has 1 heterocycles. The van der Waals surface area contributed by atoms with Crippen LogP contribution < -0.4 is 9.75 Å². The zero-order valence-corrected chi connectivity index (χ0v) is 20.1. The Balaban J connectivity index is 1.40. The fraction of sp³-hybridized carbons (Fsp3) is 0.0345. The van der Waals surface area contributed by atoms with Gasteiger partial charge in [-0.3, -0.25) is 4.79 Å². The number of carbonyl (C=O) groups is 1. The number of nitrogens with zero attached hydrogens (tertiary/aromatic N) is 2. The summed E-state index contributed by atoms with van der Waals surface area (Å²) in [6, 6.07) is 32.0. The van der Waals surface area contributed by atoms with Crippen molar-refractivity contribution in [3.63, 3.8) is 0 Å². The van der Waals surface area contributed by atoms with Crippen molar-refractivity contribution in [2.24, 2.45) is 5.10 Å². The molecule has 0 aliphatic carbocycles. The predicted molar refractivity (Wildman–Crippen MR) is 142 cm³/mol. The van der Waals surface area contributed by atoms with Crippen molar-refractivity contribution in [1.29, 1.82) is 0 Å². The fourth-order valence-electron chi connectivity index (χ4n) is 3.72. The molecule has 0 spiro atoms. The summed E-state index contributed by atoms with van der Waals surface area (Å²) in [6.07, 6.45) is 1.86. The maximum Gasteiger partial charge on any atom is 0.281 e. The van der Waals surface area contributed by atoms with Crippen LogP contribution >= 0.6 is 23.2 Å². The molecule has 6 heteroatoms. The largest absolute Gasteiger partial charge is 0.489 e. The molecule has 4 nitrogen and oxygen atoms in total. The van der Waals surface area contributed by atoms with Gasteiger partial charge in [0.05, 0.1) is 11.3 Å². The smallest absolute Gasteiger partial charge is 0.281 e. The molecule has 4 aromatic rings. The summed E-state index contributed by atoms with van der Waals surface area (Å²) in [5.74, 6) is 0.520. The first-order valence-corrected chi connectivity index (χ1v) is 11.8. The molecule has 0 fully saturated rings. The summed E-state index contributed by atoms with van der Waals surface area (Å²) >= 11 is 12.2. The van der Waals surface area contributed by atoms with Crippen molar-refractivity contribution in [1.82, 2.24) is 0 Å². The molecule has 0 saturated carbocycles. The lowest BCUT2D eigenvalue weighted by molar-refractivity contribution is -0.114. The number of rotatable bonds is 6. The van der Waals surface area contributed by atoms with Gasteiger partial charge in [-0.25, -0.2) is 0 Å². The van der Waals surface area contributed by atoms with E-state index >= 15 is 0 Å². The van der Waals surface area contributed by atoms with Gasteiger partial charge in [-0.15, -0.1) is 0 Å². The second-order valence-electron chi connectivity index (χ2n) is 7.92. The van der Waals surface area contributed by atoms with Crippen molar-refractivity contribution >= 4 is 46.6 Å². The quantitative estimate of drug-likeness (QED) is 0.259. The predicted octanol–water partition coefficient (Wildman–Crippen LogP) is 7.41. The average Bonchev–Trinajstić information content (AvgIpc) is 3.21. The number of para-hydroxylation sites is 1. The minimum atomic E-state index is -0.173. The highest BCUT2D eigenvalue weighted by molar-refractivity contribution is 6.37. The van der Waals surface area contributed by atoms with E-state index in [1.165, 1.54) is 5.01 Å². The van der Waals surface area contributed by atoms with Crippen LogP contribution in [-0.4, -0.2) is 11.6 Å². The van der Waals surface area contributed by atoms with Crippen molar-refractivity contribution in [2.45, 2.75) is 6.61 Å². The van der Waals surface area contributed by atoms with E-state index in [9.17, 15) is 4.79 Å². The van der Waals surface area contributed by atoms with E-state index in [-0.39, 0.29) is 5.91 Å². The lowest BCUT2D eigenvalue weighted by Crippen LogP contribution is -2.21. The minimum absolute atomic E-state index is 0.173. The Morgan fingerprint density at radius 1 is 0.829 bits per heavy atom. The molecule has 0 unspecified atom stereocenters. The minimum Gasteiger partial charge on any atom is -0.489 e. The number of ether oxygens (including phenoxy) is 1. The second-order valence-corrected chi connectivity index (χ2v) is 8.76. The Kier molecular flexibility index (Phi) is 6.66. The summed E-state index contributed by atoms with van der Waals surface area (Å²) in [7, 11) is 0. The Morgan fingerprint density at radius 2 is 1.51 bits per heavy atom. The zero-order chi connectivity index (χ0) is 24.2. The number of anilines is 1. The van der Waals surface area contributed by atoms with Gasteiger partial charge in [0.2, 0.25) is 0 Å². The Morgan fingerprint density at radius 3 is 2.20 bits per heavy atom. The highest BCUT2D eigenvalue weighted by atomic mass is 35.5. The number of hydrogen-bond donors (Lipinski definition) is 0. The lowest BCUT2D eigenvalue weighted by atomic mass is 10.0. The van der Waals surface area contributed by atoms with Crippen molar-refractivity contribution < 1.29 is 9.53 Å². The highest BCUT2D eigenvalue weighted by Gasteiger charge is 2.31. The van der Waals surface area contributed by atoms with Gasteiger partial charge in [-0.1, -0.05) is 89.9 Å². The molecule has 1 aliphatic heterocycles. The number of hydrazone groups is 1. The molecule has 0 bridgehead atoms. The SMILES string of the molecule is O=C1/C(=C\c2ccc(OCc3ccc(Cl)cc3Cl)cc2)C(c2ccccc2)=NN1c1ccccc1. The molecule has 0 N–H and O–H groups in total. The summed E-state index contributed by atoms with van der Waals surface area (Å²) in [4.78, 5) is 13.4. The molecule has 1 aliphatic rings. The summed E-state index contributed by atoms with van der Waals surface area (Å²) in [6.45, 7) is 0.325. The van der Waals surface area contributed by atoms with Crippen LogP contribution in [0, 0.1) is 0 Å². The Bertz CT molecular complexity index is 1420. The molecule has 172 valence electrons. The first-order chi connectivity index (χ1) is 17.1.